The fourth-order valence-electron chi connectivity index (χ4n) is 3.55. The third kappa shape index (κ3) is 2.69. The van der Waals surface area contributed by atoms with Crippen LogP contribution in [0.4, 0.5) is 0 Å². The smallest absolute Gasteiger partial charge is 0.160 e. The molecule has 1 fully saturated rings. The Labute approximate surface area is 127 Å². The van der Waals surface area contributed by atoms with Crippen molar-refractivity contribution >= 4 is 11.2 Å². The maximum atomic E-state index is 4.89. The fourth-order valence-corrected chi connectivity index (χ4v) is 3.55. The van der Waals surface area contributed by atoms with Gasteiger partial charge in [-0.1, -0.05) is 6.92 Å². The molecule has 21 heavy (non-hydrogen) atoms. The van der Waals surface area contributed by atoms with Crippen LogP contribution in [0.15, 0.2) is 18.3 Å². The zero-order valence-corrected chi connectivity index (χ0v) is 13.6. The predicted molar refractivity (Wildman–Crippen MR) is 86.5 cm³/mol. The Morgan fingerprint density at radius 3 is 2.86 bits per heavy atom. The van der Waals surface area contributed by atoms with Crippen molar-refractivity contribution in [1.82, 2.24) is 19.4 Å². The molecule has 2 aromatic heterocycles. The van der Waals surface area contributed by atoms with Crippen LogP contribution in [-0.2, 0) is 12.0 Å². The molecule has 4 heteroatoms. The maximum absolute atomic E-state index is 4.89. The van der Waals surface area contributed by atoms with Crippen LogP contribution >= 0.6 is 0 Å². The number of hydrogen-bond acceptors (Lipinski definition) is 3. The summed E-state index contributed by atoms with van der Waals surface area (Å²) in [6.45, 7) is 11.3. The molecule has 0 N–H and O–H groups in total. The van der Waals surface area contributed by atoms with Crippen molar-refractivity contribution in [1.29, 1.82) is 0 Å². The molecule has 0 aliphatic carbocycles. The van der Waals surface area contributed by atoms with Crippen LogP contribution in [-0.4, -0.2) is 38.6 Å². The number of rotatable bonds is 3. The molecule has 2 aromatic rings. The van der Waals surface area contributed by atoms with E-state index < -0.39 is 0 Å². The highest BCUT2D eigenvalue weighted by Gasteiger charge is 2.28. The van der Waals surface area contributed by atoms with Crippen molar-refractivity contribution < 1.29 is 0 Å². The Bertz CT molecular complexity index is 623. The number of hydrogen-bond donors (Lipinski definition) is 0. The van der Waals surface area contributed by atoms with Gasteiger partial charge in [0.25, 0.3) is 0 Å². The van der Waals surface area contributed by atoms with Crippen molar-refractivity contribution in [3.8, 4) is 0 Å². The summed E-state index contributed by atoms with van der Waals surface area (Å²) in [5, 5.41) is 0. The van der Waals surface area contributed by atoms with Gasteiger partial charge in [-0.2, -0.15) is 0 Å². The number of likely N-dealkylation sites (N-methyl/N-ethyl adjacent to an activating group) is 1. The molecular weight excluding hydrogens is 260 g/mol. The minimum atomic E-state index is 0.00802. The summed E-state index contributed by atoms with van der Waals surface area (Å²) in [5.74, 6) is 1.18. The molecule has 0 bridgehead atoms. The molecule has 1 aliphatic heterocycles. The maximum Gasteiger partial charge on any atom is 0.160 e. The van der Waals surface area contributed by atoms with Gasteiger partial charge >= 0.3 is 0 Å². The first-order valence-corrected chi connectivity index (χ1v) is 8.07. The van der Waals surface area contributed by atoms with Crippen LogP contribution in [0.2, 0.25) is 0 Å². The molecule has 1 atom stereocenters. The topological polar surface area (TPSA) is 34.0 Å². The van der Waals surface area contributed by atoms with Gasteiger partial charge in [0, 0.05) is 24.2 Å². The summed E-state index contributed by atoms with van der Waals surface area (Å²) in [7, 11) is 0. The average molecular weight is 286 g/mol. The van der Waals surface area contributed by atoms with Crippen LogP contribution in [0.1, 0.15) is 46.4 Å². The molecule has 0 amide bonds. The molecule has 1 saturated heterocycles. The van der Waals surface area contributed by atoms with Crippen molar-refractivity contribution in [3.05, 3.63) is 24.2 Å². The van der Waals surface area contributed by atoms with Crippen molar-refractivity contribution in [2.45, 2.75) is 58.5 Å². The summed E-state index contributed by atoms with van der Waals surface area (Å²) in [6.07, 6.45) is 5.49. The van der Waals surface area contributed by atoms with Crippen LogP contribution in [0, 0.1) is 0 Å². The lowest BCUT2D eigenvalue weighted by Crippen LogP contribution is -2.33. The molecule has 4 nitrogen and oxygen atoms in total. The van der Waals surface area contributed by atoms with E-state index in [-0.39, 0.29) is 5.54 Å². The first kappa shape index (κ1) is 14.5. The van der Waals surface area contributed by atoms with Crippen LogP contribution < -0.4 is 0 Å². The van der Waals surface area contributed by atoms with Gasteiger partial charge in [-0.15, -0.1) is 0 Å². The predicted octanol–water partition coefficient (Wildman–Crippen LogP) is 3.21. The highest BCUT2D eigenvalue weighted by atomic mass is 15.2. The highest BCUT2D eigenvalue weighted by Crippen LogP contribution is 2.27. The Morgan fingerprint density at radius 2 is 2.14 bits per heavy atom. The van der Waals surface area contributed by atoms with Crippen molar-refractivity contribution in [2.24, 2.45) is 0 Å². The molecule has 1 unspecified atom stereocenters. The Balaban J connectivity index is 2.01. The van der Waals surface area contributed by atoms with Crippen LogP contribution in [0.25, 0.3) is 11.2 Å². The van der Waals surface area contributed by atoms with E-state index in [4.69, 9.17) is 4.98 Å². The second-order valence-electron chi connectivity index (χ2n) is 7.01. The van der Waals surface area contributed by atoms with Crippen molar-refractivity contribution in [2.75, 3.05) is 13.1 Å². The van der Waals surface area contributed by atoms with E-state index in [9.17, 15) is 0 Å². The third-order valence-corrected chi connectivity index (χ3v) is 4.48. The monoisotopic (exact) mass is 286 g/mol. The van der Waals surface area contributed by atoms with Gasteiger partial charge in [-0.25, -0.2) is 9.97 Å². The second-order valence-corrected chi connectivity index (χ2v) is 7.01. The van der Waals surface area contributed by atoms with Gasteiger partial charge in [0.1, 0.15) is 11.3 Å². The van der Waals surface area contributed by atoms with E-state index in [0.717, 1.165) is 24.1 Å². The SMILES string of the molecule is CCN1CCCC1Cc1nc2cccnc2n1C(C)(C)C. The van der Waals surface area contributed by atoms with E-state index in [2.05, 4.69) is 48.2 Å². The number of nitrogens with zero attached hydrogens (tertiary/aromatic N) is 4. The van der Waals surface area contributed by atoms with Gasteiger partial charge in [0.15, 0.2) is 5.65 Å². The van der Waals surface area contributed by atoms with E-state index in [1.807, 2.05) is 12.3 Å². The zero-order chi connectivity index (χ0) is 15.0. The number of likely N-dealkylation sites (tertiary alicyclic amines) is 1. The first-order chi connectivity index (χ1) is 10.0. The number of pyridine rings is 1. The number of fused-ring (bicyclic) bond motifs is 1. The van der Waals surface area contributed by atoms with Gasteiger partial charge in [-0.05, 0) is 58.8 Å². The lowest BCUT2D eigenvalue weighted by molar-refractivity contribution is 0.257. The molecule has 0 aromatic carbocycles. The van der Waals surface area contributed by atoms with E-state index >= 15 is 0 Å². The normalized spacial score (nSPS) is 20.5. The molecule has 114 valence electrons. The minimum absolute atomic E-state index is 0.00802. The van der Waals surface area contributed by atoms with E-state index in [0.29, 0.717) is 6.04 Å². The third-order valence-electron chi connectivity index (χ3n) is 4.48. The van der Waals surface area contributed by atoms with Gasteiger partial charge in [0.05, 0.1) is 0 Å². The summed E-state index contributed by atoms with van der Waals surface area (Å²) in [6, 6.07) is 4.67. The molecule has 1 aliphatic rings. The number of imidazole rings is 1. The van der Waals surface area contributed by atoms with Gasteiger partial charge in [0.2, 0.25) is 0 Å². The molecular formula is C17H26N4. The van der Waals surface area contributed by atoms with E-state index in [1.54, 1.807) is 0 Å². The molecule has 3 rings (SSSR count). The van der Waals surface area contributed by atoms with E-state index in [1.165, 1.54) is 25.2 Å². The largest absolute Gasteiger partial charge is 0.307 e. The number of aromatic nitrogens is 3. The quantitative estimate of drug-likeness (QED) is 0.869. The Kier molecular flexibility index (Phi) is 3.74. The first-order valence-electron chi connectivity index (χ1n) is 8.07. The van der Waals surface area contributed by atoms with Gasteiger partial charge in [-0.3, -0.25) is 0 Å². The summed E-state index contributed by atoms with van der Waals surface area (Å²) in [4.78, 5) is 12.0. The standard InChI is InChI=1S/C17H26N4/c1-5-20-11-7-8-13(20)12-15-19-14-9-6-10-18-16(14)21(15)17(2,3)4/h6,9-10,13H,5,7-8,11-12H2,1-4H3. The summed E-state index contributed by atoms with van der Waals surface area (Å²) < 4.78 is 2.33. The summed E-state index contributed by atoms with van der Waals surface area (Å²) >= 11 is 0. The second kappa shape index (κ2) is 5.41. The average Bonchev–Trinajstić information content (AvgIpc) is 3.01. The lowest BCUT2D eigenvalue weighted by Gasteiger charge is -2.27. The molecule has 0 spiro atoms. The van der Waals surface area contributed by atoms with Crippen molar-refractivity contribution in [3.63, 3.8) is 0 Å². The summed E-state index contributed by atoms with van der Waals surface area (Å²) in [5.41, 5.74) is 2.04. The van der Waals surface area contributed by atoms with Crippen LogP contribution in [0.3, 0.4) is 0 Å². The molecule has 3 heterocycles. The Morgan fingerprint density at radius 1 is 1.33 bits per heavy atom. The zero-order valence-electron chi connectivity index (χ0n) is 13.6. The minimum Gasteiger partial charge on any atom is -0.307 e. The Hall–Kier alpha value is -1.42. The molecule has 0 saturated carbocycles. The highest BCUT2D eigenvalue weighted by molar-refractivity contribution is 5.71. The van der Waals surface area contributed by atoms with Gasteiger partial charge < -0.3 is 9.47 Å². The van der Waals surface area contributed by atoms with Crippen LogP contribution in [0.5, 0.6) is 0 Å². The molecule has 0 radical (unpaired) electrons. The lowest BCUT2D eigenvalue weighted by atomic mass is 10.1. The fraction of sp³-hybridized carbons (Fsp3) is 0.647.